The molecule has 0 amide bonds. The molecule has 6 heteroatoms. The normalized spacial score (nSPS) is 23.2. The van der Waals surface area contributed by atoms with E-state index < -0.39 is 5.97 Å². The van der Waals surface area contributed by atoms with E-state index in [2.05, 4.69) is 26.5 Å². The maximum Gasteiger partial charge on any atom is 0.358 e. The Balaban J connectivity index is 2.15. The van der Waals surface area contributed by atoms with Gasteiger partial charge in [-0.1, -0.05) is 6.92 Å². The number of rotatable bonds is 3. The van der Waals surface area contributed by atoms with Crippen molar-refractivity contribution in [3.8, 4) is 0 Å². The zero-order chi connectivity index (χ0) is 13.8. The zero-order valence-corrected chi connectivity index (χ0v) is 11.4. The quantitative estimate of drug-likeness (QED) is 0.809. The summed E-state index contributed by atoms with van der Waals surface area (Å²) in [6.45, 7) is 4.67. The Bertz CT molecular complexity index is 452. The summed E-state index contributed by atoms with van der Waals surface area (Å²) in [6.07, 6.45) is 4.17. The molecule has 19 heavy (non-hydrogen) atoms. The Labute approximate surface area is 113 Å². The first kappa shape index (κ1) is 13.7. The summed E-state index contributed by atoms with van der Waals surface area (Å²) in [4.78, 5) is 22.0. The number of hydrogen-bond acceptors (Lipinski definition) is 6. The Morgan fingerprint density at radius 3 is 3.05 bits per heavy atom. The topological polar surface area (TPSA) is 81.3 Å². The molecule has 1 aromatic rings. The fourth-order valence-electron chi connectivity index (χ4n) is 2.38. The van der Waals surface area contributed by atoms with Crippen LogP contribution in [-0.4, -0.2) is 42.7 Å². The molecule has 1 saturated heterocycles. The van der Waals surface area contributed by atoms with E-state index in [0.717, 1.165) is 19.5 Å². The zero-order valence-electron chi connectivity index (χ0n) is 11.4. The highest BCUT2D eigenvalue weighted by atomic mass is 16.5. The van der Waals surface area contributed by atoms with Gasteiger partial charge in [-0.3, -0.25) is 4.98 Å². The van der Waals surface area contributed by atoms with Gasteiger partial charge in [0, 0.05) is 13.1 Å². The van der Waals surface area contributed by atoms with E-state index in [4.69, 9.17) is 5.73 Å². The molecule has 1 aliphatic heterocycles. The van der Waals surface area contributed by atoms with Crippen molar-refractivity contribution in [2.75, 3.05) is 31.6 Å². The maximum absolute atomic E-state index is 11.5. The lowest BCUT2D eigenvalue weighted by molar-refractivity contribution is 0.0593. The smallest absolute Gasteiger partial charge is 0.358 e. The number of anilines is 1. The van der Waals surface area contributed by atoms with Crippen LogP contribution in [0.1, 0.15) is 23.8 Å². The number of hydrogen-bond donors (Lipinski definition) is 1. The second kappa shape index (κ2) is 5.97. The van der Waals surface area contributed by atoms with Gasteiger partial charge < -0.3 is 15.4 Å². The van der Waals surface area contributed by atoms with Crippen molar-refractivity contribution in [3.05, 3.63) is 18.1 Å². The number of esters is 1. The van der Waals surface area contributed by atoms with Crippen molar-refractivity contribution in [1.29, 1.82) is 0 Å². The molecule has 2 rings (SSSR count). The number of aromatic nitrogens is 2. The first-order chi connectivity index (χ1) is 9.15. The number of methoxy groups -OCH3 is 1. The van der Waals surface area contributed by atoms with Crippen molar-refractivity contribution < 1.29 is 9.53 Å². The molecule has 1 aliphatic rings. The summed E-state index contributed by atoms with van der Waals surface area (Å²) < 4.78 is 4.66. The molecule has 1 fully saturated rings. The summed E-state index contributed by atoms with van der Waals surface area (Å²) in [5.41, 5.74) is 6.04. The molecule has 2 heterocycles. The third-order valence-electron chi connectivity index (χ3n) is 3.76. The van der Waals surface area contributed by atoms with Crippen molar-refractivity contribution in [2.45, 2.75) is 13.3 Å². The highest BCUT2D eigenvalue weighted by molar-refractivity contribution is 5.87. The molecule has 0 saturated carbocycles. The molecule has 0 aliphatic carbocycles. The van der Waals surface area contributed by atoms with Crippen LogP contribution in [0, 0.1) is 11.8 Å². The fourth-order valence-corrected chi connectivity index (χ4v) is 2.38. The third kappa shape index (κ3) is 3.01. The molecule has 104 valence electrons. The molecule has 2 N–H and O–H groups in total. The second-order valence-electron chi connectivity index (χ2n) is 4.96. The Morgan fingerprint density at radius 2 is 2.37 bits per heavy atom. The molecule has 6 nitrogen and oxygen atoms in total. The van der Waals surface area contributed by atoms with Crippen LogP contribution in [-0.2, 0) is 4.74 Å². The van der Waals surface area contributed by atoms with Gasteiger partial charge in [0.2, 0.25) is 0 Å². The molecule has 2 unspecified atom stereocenters. The number of ether oxygens (including phenoxy) is 1. The van der Waals surface area contributed by atoms with Gasteiger partial charge in [0.15, 0.2) is 5.69 Å². The van der Waals surface area contributed by atoms with Gasteiger partial charge in [0.25, 0.3) is 0 Å². The van der Waals surface area contributed by atoms with E-state index in [1.807, 2.05) is 0 Å². The standard InChI is InChI=1S/C13H20N4O2/c1-9-3-4-17(8-10(9)5-14)12-7-15-6-11(16-12)13(18)19-2/h6-7,9-10H,3-5,8,14H2,1-2H3. The lowest BCUT2D eigenvalue weighted by atomic mass is 9.87. The predicted molar refractivity (Wildman–Crippen MR) is 71.9 cm³/mol. The van der Waals surface area contributed by atoms with Gasteiger partial charge in [-0.15, -0.1) is 0 Å². The van der Waals surface area contributed by atoms with E-state index in [9.17, 15) is 4.79 Å². The van der Waals surface area contributed by atoms with Crippen LogP contribution in [0.2, 0.25) is 0 Å². The van der Waals surface area contributed by atoms with Crippen molar-refractivity contribution in [3.63, 3.8) is 0 Å². The first-order valence-electron chi connectivity index (χ1n) is 6.51. The Morgan fingerprint density at radius 1 is 1.58 bits per heavy atom. The average molecular weight is 264 g/mol. The first-order valence-corrected chi connectivity index (χ1v) is 6.51. The minimum Gasteiger partial charge on any atom is -0.464 e. The number of nitrogens with zero attached hydrogens (tertiary/aromatic N) is 3. The van der Waals surface area contributed by atoms with E-state index in [0.29, 0.717) is 24.2 Å². The van der Waals surface area contributed by atoms with Gasteiger partial charge in [0.1, 0.15) is 5.82 Å². The summed E-state index contributed by atoms with van der Waals surface area (Å²) in [6, 6.07) is 0. The monoisotopic (exact) mass is 264 g/mol. The van der Waals surface area contributed by atoms with Gasteiger partial charge in [-0.05, 0) is 24.8 Å². The molecular formula is C13H20N4O2. The maximum atomic E-state index is 11.5. The van der Waals surface area contributed by atoms with Gasteiger partial charge in [0.05, 0.1) is 19.5 Å². The average Bonchev–Trinajstić information content (AvgIpc) is 2.47. The summed E-state index contributed by atoms with van der Waals surface area (Å²) in [5.74, 6) is 1.33. The summed E-state index contributed by atoms with van der Waals surface area (Å²) >= 11 is 0. The van der Waals surface area contributed by atoms with Crippen LogP contribution in [0.15, 0.2) is 12.4 Å². The van der Waals surface area contributed by atoms with E-state index in [-0.39, 0.29) is 5.69 Å². The fraction of sp³-hybridized carbons (Fsp3) is 0.615. The van der Waals surface area contributed by atoms with Crippen molar-refractivity contribution >= 4 is 11.8 Å². The SMILES string of the molecule is COC(=O)c1cncc(N2CCC(C)C(CN)C2)n1. The third-order valence-corrected chi connectivity index (χ3v) is 3.76. The minimum atomic E-state index is -0.463. The highest BCUT2D eigenvalue weighted by Gasteiger charge is 2.26. The van der Waals surface area contributed by atoms with E-state index in [1.165, 1.54) is 13.3 Å². The Hall–Kier alpha value is -1.69. The van der Waals surface area contributed by atoms with E-state index in [1.54, 1.807) is 6.20 Å². The predicted octanol–water partition coefficient (Wildman–Crippen LogP) is 0.684. The minimum absolute atomic E-state index is 0.239. The molecule has 0 bridgehead atoms. The highest BCUT2D eigenvalue weighted by Crippen LogP contribution is 2.25. The Kier molecular flexibility index (Phi) is 4.31. The lowest BCUT2D eigenvalue weighted by Crippen LogP contribution is -2.43. The summed E-state index contributed by atoms with van der Waals surface area (Å²) in [5, 5.41) is 0. The van der Waals surface area contributed by atoms with Crippen LogP contribution >= 0.6 is 0 Å². The molecule has 0 aromatic carbocycles. The van der Waals surface area contributed by atoms with Crippen molar-refractivity contribution in [2.24, 2.45) is 17.6 Å². The number of carbonyl (C=O) groups excluding carboxylic acids is 1. The van der Waals surface area contributed by atoms with Gasteiger partial charge in [-0.25, -0.2) is 9.78 Å². The van der Waals surface area contributed by atoms with Crippen LogP contribution in [0.25, 0.3) is 0 Å². The number of carbonyl (C=O) groups is 1. The van der Waals surface area contributed by atoms with Crippen LogP contribution in [0.5, 0.6) is 0 Å². The lowest BCUT2D eigenvalue weighted by Gasteiger charge is -2.37. The number of nitrogens with two attached hydrogens (primary N) is 1. The summed E-state index contributed by atoms with van der Waals surface area (Å²) in [7, 11) is 1.34. The molecule has 2 atom stereocenters. The molecule has 0 radical (unpaired) electrons. The molecule has 0 spiro atoms. The molecular weight excluding hydrogens is 244 g/mol. The largest absolute Gasteiger partial charge is 0.464 e. The van der Waals surface area contributed by atoms with Crippen LogP contribution in [0.3, 0.4) is 0 Å². The second-order valence-corrected chi connectivity index (χ2v) is 4.96. The molecule has 1 aromatic heterocycles. The number of piperidine rings is 1. The van der Waals surface area contributed by atoms with Crippen molar-refractivity contribution in [1.82, 2.24) is 9.97 Å². The van der Waals surface area contributed by atoms with Gasteiger partial charge >= 0.3 is 5.97 Å². The van der Waals surface area contributed by atoms with Gasteiger partial charge in [-0.2, -0.15) is 0 Å². The van der Waals surface area contributed by atoms with Crippen LogP contribution < -0.4 is 10.6 Å². The van der Waals surface area contributed by atoms with Crippen LogP contribution in [0.4, 0.5) is 5.82 Å². The van der Waals surface area contributed by atoms with E-state index >= 15 is 0 Å².